The zero-order valence-corrected chi connectivity index (χ0v) is 14.1. The van der Waals surface area contributed by atoms with Crippen molar-refractivity contribution < 1.29 is 4.79 Å². The molecule has 2 rings (SSSR count). The van der Waals surface area contributed by atoms with Crippen molar-refractivity contribution in [3.63, 3.8) is 0 Å². The van der Waals surface area contributed by atoms with E-state index in [1.54, 1.807) is 12.3 Å². The molecular formula is C14H24Cl2N4O. The van der Waals surface area contributed by atoms with Crippen LogP contribution in [0.4, 0.5) is 11.5 Å². The lowest BCUT2D eigenvalue weighted by molar-refractivity contribution is -0.122. The van der Waals surface area contributed by atoms with Crippen molar-refractivity contribution in [2.24, 2.45) is 5.73 Å². The molecule has 0 aromatic carbocycles. The van der Waals surface area contributed by atoms with Crippen LogP contribution in [0.3, 0.4) is 0 Å². The van der Waals surface area contributed by atoms with Gasteiger partial charge in [0.15, 0.2) is 0 Å². The molecule has 5 nitrogen and oxygen atoms in total. The first-order valence-corrected chi connectivity index (χ1v) is 6.75. The minimum absolute atomic E-state index is 0. The SMILES string of the molecule is CN(C)c1ccc(NC(=O)C2(N)CCCCC2)nc1.Cl.Cl. The van der Waals surface area contributed by atoms with Crippen molar-refractivity contribution in [2.45, 2.75) is 37.6 Å². The standard InChI is InChI=1S/C14H22N4O.2ClH/c1-18(2)11-6-7-12(16-10-11)17-13(19)14(15)8-4-3-5-9-14;;/h6-7,10H,3-5,8-9,15H2,1-2H3,(H,16,17,19);2*1H. The zero-order chi connectivity index (χ0) is 13.9. The predicted molar refractivity (Wildman–Crippen MR) is 91.7 cm³/mol. The molecular weight excluding hydrogens is 311 g/mol. The molecule has 21 heavy (non-hydrogen) atoms. The summed E-state index contributed by atoms with van der Waals surface area (Å²) in [4.78, 5) is 18.4. The molecule has 1 fully saturated rings. The fourth-order valence-corrected chi connectivity index (χ4v) is 2.38. The Labute approximate surface area is 138 Å². The maximum atomic E-state index is 12.2. The highest BCUT2D eigenvalue weighted by molar-refractivity contribution is 5.97. The summed E-state index contributed by atoms with van der Waals surface area (Å²) in [5.41, 5.74) is 6.46. The van der Waals surface area contributed by atoms with Gasteiger partial charge in [-0.3, -0.25) is 4.79 Å². The number of hydrogen-bond acceptors (Lipinski definition) is 4. The number of amides is 1. The van der Waals surface area contributed by atoms with E-state index in [-0.39, 0.29) is 30.7 Å². The molecule has 1 heterocycles. The van der Waals surface area contributed by atoms with E-state index in [1.165, 1.54) is 6.42 Å². The van der Waals surface area contributed by atoms with Gasteiger partial charge in [-0.1, -0.05) is 19.3 Å². The molecule has 1 aromatic rings. The Kier molecular flexibility index (Phi) is 8.00. The first kappa shape index (κ1) is 20.0. The number of nitrogens with two attached hydrogens (primary N) is 1. The molecule has 0 aliphatic heterocycles. The number of aromatic nitrogens is 1. The second-order valence-corrected chi connectivity index (χ2v) is 5.47. The highest BCUT2D eigenvalue weighted by atomic mass is 35.5. The Morgan fingerprint density at radius 1 is 1.24 bits per heavy atom. The molecule has 0 unspecified atom stereocenters. The minimum Gasteiger partial charge on any atom is -0.376 e. The number of carbonyl (C=O) groups is 1. The van der Waals surface area contributed by atoms with E-state index in [1.807, 2.05) is 25.1 Å². The number of halogens is 2. The predicted octanol–water partition coefficient (Wildman–Crippen LogP) is 2.59. The van der Waals surface area contributed by atoms with E-state index >= 15 is 0 Å². The highest BCUT2D eigenvalue weighted by Crippen LogP contribution is 2.27. The molecule has 7 heteroatoms. The van der Waals surface area contributed by atoms with E-state index < -0.39 is 5.54 Å². The van der Waals surface area contributed by atoms with Gasteiger partial charge in [-0.2, -0.15) is 0 Å². The third kappa shape index (κ3) is 5.02. The van der Waals surface area contributed by atoms with Gasteiger partial charge in [0.2, 0.25) is 5.91 Å². The number of nitrogens with one attached hydrogen (secondary N) is 1. The van der Waals surface area contributed by atoms with E-state index in [4.69, 9.17) is 5.73 Å². The Morgan fingerprint density at radius 3 is 2.33 bits per heavy atom. The van der Waals surface area contributed by atoms with Crippen LogP contribution in [-0.2, 0) is 4.79 Å². The van der Waals surface area contributed by atoms with Crippen LogP contribution in [0.15, 0.2) is 18.3 Å². The largest absolute Gasteiger partial charge is 0.376 e. The van der Waals surface area contributed by atoms with Crippen LogP contribution < -0.4 is 16.0 Å². The Balaban J connectivity index is 0.00000200. The molecule has 0 spiro atoms. The minimum atomic E-state index is -0.722. The summed E-state index contributed by atoms with van der Waals surface area (Å²) in [6, 6.07) is 3.73. The van der Waals surface area contributed by atoms with Gasteiger partial charge in [0.05, 0.1) is 17.4 Å². The van der Waals surface area contributed by atoms with Crippen LogP contribution in [0.5, 0.6) is 0 Å². The molecule has 1 aliphatic carbocycles. The first-order chi connectivity index (χ1) is 9.01. The lowest BCUT2D eigenvalue weighted by atomic mass is 9.82. The highest BCUT2D eigenvalue weighted by Gasteiger charge is 2.35. The number of nitrogens with zero attached hydrogens (tertiary/aromatic N) is 2. The lowest BCUT2D eigenvalue weighted by Crippen LogP contribution is -2.52. The molecule has 0 atom stereocenters. The van der Waals surface area contributed by atoms with Gasteiger partial charge in [0, 0.05) is 14.1 Å². The maximum absolute atomic E-state index is 12.2. The van der Waals surface area contributed by atoms with Crippen molar-refractivity contribution in [1.82, 2.24) is 4.98 Å². The molecule has 0 bridgehead atoms. The third-order valence-corrected chi connectivity index (χ3v) is 3.70. The van der Waals surface area contributed by atoms with Gasteiger partial charge in [-0.25, -0.2) is 4.98 Å². The molecule has 1 aliphatic rings. The molecule has 1 aromatic heterocycles. The molecule has 3 N–H and O–H groups in total. The second kappa shape index (κ2) is 8.41. The molecule has 1 amide bonds. The van der Waals surface area contributed by atoms with Crippen LogP contribution in [0.1, 0.15) is 32.1 Å². The Morgan fingerprint density at radius 2 is 1.86 bits per heavy atom. The second-order valence-electron chi connectivity index (χ2n) is 5.47. The average molecular weight is 335 g/mol. The number of carbonyl (C=O) groups excluding carboxylic acids is 1. The summed E-state index contributed by atoms with van der Waals surface area (Å²) in [6.07, 6.45) is 6.47. The molecule has 1 saturated carbocycles. The molecule has 120 valence electrons. The lowest BCUT2D eigenvalue weighted by Gasteiger charge is -2.31. The number of anilines is 2. The number of pyridine rings is 1. The fraction of sp³-hybridized carbons (Fsp3) is 0.571. The number of hydrogen-bond donors (Lipinski definition) is 2. The summed E-state index contributed by atoms with van der Waals surface area (Å²) < 4.78 is 0. The quantitative estimate of drug-likeness (QED) is 0.891. The summed E-state index contributed by atoms with van der Waals surface area (Å²) >= 11 is 0. The van der Waals surface area contributed by atoms with Crippen LogP contribution >= 0.6 is 24.8 Å². The normalized spacial score (nSPS) is 16.1. The molecule has 0 saturated heterocycles. The Bertz CT molecular complexity index is 445. The van der Waals surface area contributed by atoms with Crippen molar-refractivity contribution in [2.75, 3.05) is 24.3 Å². The fourth-order valence-electron chi connectivity index (χ4n) is 2.38. The summed E-state index contributed by atoms with van der Waals surface area (Å²) in [5, 5.41) is 2.82. The first-order valence-electron chi connectivity index (χ1n) is 6.75. The average Bonchev–Trinajstić information content (AvgIpc) is 2.40. The van der Waals surface area contributed by atoms with Crippen molar-refractivity contribution >= 4 is 42.2 Å². The summed E-state index contributed by atoms with van der Waals surface area (Å²) in [7, 11) is 3.90. The molecule has 0 radical (unpaired) electrons. The van der Waals surface area contributed by atoms with Crippen molar-refractivity contribution in [3.05, 3.63) is 18.3 Å². The van der Waals surface area contributed by atoms with Crippen molar-refractivity contribution in [3.8, 4) is 0 Å². The third-order valence-electron chi connectivity index (χ3n) is 3.70. The maximum Gasteiger partial charge on any atom is 0.245 e. The van der Waals surface area contributed by atoms with Gasteiger partial charge in [0.1, 0.15) is 5.82 Å². The van der Waals surface area contributed by atoms with Gasteiger partial charge in [0.25, 0.3) is 0 Å². The van der Waals surface area contributed by atoms with Gasteiger partial charge in [-0.05, 0) is 25.0 Å². The zero-order valence-electron chi connectivity index (χ0n) is 12.5. The van der Waals surface area contributed by atoms with E-state index in [0.29, 0.717) is 5.82 Å². The summed E-state index contributed by atoms with van der Waals surface area (Å²) in [6.45, 7) is 0. The van der Waals surface area contributed by atoms with Crippen LogP contribution in [0.25, 0.3) is 0 Å². The summed E-state index contributed by atoms with van der Waals surface area (Å²) in [5.74, 6) is 0.448. The van der Waals surface area contributed by atoms with E-state index in [2.05, 4.69) is 10.3 Å². The van der Waals surface area contributed by atoms with Gasteiger partial charge < -0.3 is 16.0 Å². The van der Waals surface area contributed by atoms with E-state index in [0.717, 1.165) is 31.4 Å². The van der Waals surface area contributed by atoms with Crippen LogP contribution in [-0.4, -0.2) is 30.5 Å². The topological polar surface area (TPSA) is 71.2 Å². The smallest absolute Gasteiger partial charge is 0.245 e. The van der Waals surface area contributed by atoms with Crippen LogP contribution in [0, 0.1) is 0 Å². The van der Waals surface area contributed by atoms with Crippen LogP contribution in [0.2, 0.25) is 0 Å². The van der Waals surface area contributed by atoms with Gasteiger partial charge in [-0.15, -0.1) is 24.8 Å². The monoisotopic (exact) mass is 334 g/mol. The van der Waals surface area contributed by atoms with E-state index in [9.17, 15) is 4.79 Å². The van der Waals surface area contributed by atoms with Gasteiger partial charge >= 0.3 is 0 Å². The van der Waals surface area contributed by atoms with Crippen molar-refractivity contribution in [1.29, 1.82) is 0 Å². The Hall–Kier alpha value is -1.04. The number of rotatable bonds is 3.